The zero-order chi connectivity index (χ0) is 10.7. The maximum Gasteiger partial charge on any atom is 0.270 e. The molecule has 1 aromatic carbocycles. The van der Waals surface area contributed by atoms with Crippen LogP contribution in [0.5, 0.6) is 5.75 Å². The summed E-state index contributed by atoms with van der Waals surface area (Å²) >= 11 is 0. The molecule has 0 saturated heterocycles. The molecule has 0 aromatic heterocycles. The molecule has 1 N–H and O–H groups in total. The van der Waals surface area contributed by atoms with Crippen LogP contribution in [0.1, 0.15) is 5.56 Å². The molecule has 1 aromatic rings. The highest BCUT2D eigenvalue weighted by atomic mass is 16.6. The standard InChI is InChI=1S/C7H6N2O5/c10-7-2-1-6(9(13)14)3-5(7)4-8(11)12/h1-3,10H,4H2. The number of nitrogens with zero attached hydrogens (tertiary/aromatic N) is 2. The number of nitro benzene ring substituents is 1. The number of phenols is 1. The van der Waals surface area contributed by atoms with E-state index in [1.54, 1.807) is 0 Å². The third kappa shape index (κ3) is 2.16. The normalized spacial score (nSPS) is 9.71. The number of nitro groups is 2. The molecule has 0 amide bonds. The Labute approximate surface area is 77.9 Å². The number of phenolic OH excluding ortho intramolecular Hbond substituents is 1. The molecule has 0 aliphatic carbocycles. The molecule has 0 atom stereocenters. The van der Waals surface area contributed by atoms with Gasteiger partial charge in [-0.2, -0.15) is 0 Å². The number of non-ortho nitro benzene ring substituents is 1. The molecule has 0 saturated carbocycles. The Morgan fingerprint density at radius 3 is 2.43 bits per heavy atom. The van der Waals surface area contributed by atoms with E-state index in [0.717, 1.165) is 18.2 Å². The fraction of sp³-hybridized carbons (Fsp3) is 0.143. The Morgan fingerprint density at radius 2 is 1.93 bits per heavy atom. The van der Waals surface area contributed by atoms with E-state index in [2.05, 4.69) is 0 Å². The van der Waals surface area contributed by atoms with Crippen molar-refractivity contribution in [2.24, 2.45) is 0 Å². The van der Waals surface area contributed by atoms with Crippen molar-refractivity contribution in [2.45, 2.75) is 6.54 Å². The van der Waals surface area contributed by atoms with Crippen LogP contribution < -0.4 is 0 Å². The predicted molar refractivity (Wildman–Crippen MR) is 45.5 cm³/mol. The SMILES string of the molecule is O=[N+]([O-])Cc1cc([N+](=O)[O-])ccc1O. The summed E-state index contributed by atoms with van der Waals surface area (Å²) in [6, 6.07) is 3.13. The first-order chi connectivity index (χ1) is 6.50. The lowest BCUT2D eigenvalue weighted by Crippen LogP contribution is -1.99. The van der Waals surface area contributed by atoms with Crippen LogP contribution in [0.15, 0.2) is 18.2 Å². The van der Waals surface area contributed by atoms with Gasteiger partial charge in [-0.25, -0.2) is 0 Å². The second-order valence-corrected chi connectivity index (χ2v) is 2.56. The molecule has 0 aliphatic rings. The average Bonchev–Trinajstić information content (AvgIpc) is 2.07. The summed E-state index contributed by atoms with van der Waals surface area (Å²) in [6.45, 7) is -0.631. The number of benzene rings is 1. The first kappa shape index (κ1) is 9.90. The molecular weight excluding hydrogens is 192 g/mol. The third-order valence-corrected chi connectivity index (χ3v) is 1.57. The molecular formula is C7H6N2O5. The predicted octanol–water partition coefficient (Wildman–Crippen LogP) is 1.08. The quantitative estimate of drug-likeness (QED) is 0.577. The van der Waals surface area contributed by atoms with Gasteiger partial charge in [-0.1, -0.05) is 0 Å². The molecule has 0 bridgehead atoms. The van der Waals surface area contributed by atoms with Gasteiger partial charge in [-0.3, -0.25) is 20.2 Å². The van der Waals surface area contributed by atoms with Gasteiger partial charge in [0.05, 0.1) is 10.5 Å². The molecule has 0 aliphatic heterocycles. The summed E-state index contributed by atoms with van der Waals surface area (Å²) in [7, 11) is 0. The van der Waals surface area contributed by atoms with Crippen LogP contribution in [0.3, 0.4) is 0 Å². The zero-order valence-corrected chi connectivity index (χ0v) is 6.91. The highest BCUT2D eigenvalue weighted by molar-refractivity contribution is 5.42. The third-order valence-electron chi connectivity index (χ3n) is 1.57. The Bertz CT molecular complexity index is 390. The Hall–Kier alpha value is -2.18. The van der Waals surface area contributed by atoms with Crippen molar-refractivity contribution in [3.05, 3.63) is 44.0 Å². The molecule has 14 heavy (non-hydrogen) atoms. The smallest absolute Gasteiger partial charge is 0.270 e. The van der Waals surface area contributed by atoms with Crippen LogP contribution in [0.4, 0.5) is 5.69 Å². The topological polar surface area (TPSA) is 107 Å². The van der Waals surface area contributed by atoms with Gasteiger partial charge < -0.3 is 5.11 Å². The lowest BCUT2D eigenvalue weighted by molar-refractivity contribution is -0.497. The summed E-state index contributed by atoms with van der Waals surface area (Å²) in [5, 5.41) is 29.6. The Kier molecular flexibility index (Phi) is 2.61. The van der Waals surface area contributed by atoms with Crippen LogP contribution in [-0.4, -0.2) is 15.0 Å². The Morgan fingerprint density at radius 1 is 1.29 bits per heavy atom. The molecule has 0 heterocycles. The van der Waals surface area contributed by atoms with Gasteiger partial charge in [0.15, 0.2) is 0 Å². The maximum absolute atomic E-state index is 10.3. The van der Waals surface area contributed by atoms with E-state index < -0.39 is 16.4 Å². The van der Waals surface area contributed by atoms with E-state index in [9.17, 15) is 20.2 Å². The number of rotatable bonds is 3. The number of aromatic hydroxyl groups is 1. The van der Waals surface area contributed by atoms with Crippen molar-refractivity contribution in [3.63, 3.8) is 0 Å². The van der Waals surface area contributed by atoms with E-state index in [-0.39, 0.29) is 17.0 Å². The lowest BCUT2D eigenvalue weighted by atomic mass is 10.2. The molecule has 0 unspecified atom stereocenters. The minimum absolute atomic E-state index is 0.0656. The molecule has 0 fully saturated rings. The van der Waals surface area contributed by atoms with Gasteiger partial charge in [0.25, 0.3) is 5.69 Å². The van der Waals surface area contributed by atoms with Crippen LogP contribution in [0, 0.1) is 20.2 Å². The van der Waals surface area contributed by atoms with Crippen molar-refractivity contribution in [1.29, 1.82) is 0 Å². The number of hydrogen-bond acceptors (Lipinski definition) is 5. The van der Waals surface area contributed by atoms with Gasteiger partial charge in [0.2, 0.25) is 6.54 Å². The first-order valence-electron chi connectivity index (χ1n) is 3.59. The second kappa shape index (κ2) is 3.69. The minimum Gasteiger partial charge on any atom is -0.507 e. The van der Waals surface area contributed by atoms with Gasteiger partial charge in [-0.15, -0.1) is 0 Å². The van der Waals surface area contributed by atoms with E-state index in [0.29, 0.717) is 0 Å². The summed E-state index contributed by atoms with van der Waals surface area (Å²) in [6.07, 6.45) is 0. The molecule has 7 heteroatoms. The molecule has 7 nitrogen and oxygen atoms in total. The van der Waals surface area contributed by atoms with Crippen LogP contribution >= 0.6 is 0 Å². The number of hydrogen-bond donors (Lipinski definition) is 1. The van der Waals surface area contributed by atoms with Crippen molar-refractivity contribution >= 4 is 5.69 Å². The van der Waals surface area contributed by atoms with Gasteiger partial charge in [0, 0.05) is 17.1 Å². The highest BCUT2D eigenvalue weighted by Gasteiger charge is 2.13. The summed E-state index contributed by atoms with van der Waals surface area (Å²) in [5.74, 6) is -0.313. The fourth-order valence-electron chi connectivity index (χ4n) is 0.951. The Balaban J connectivity index is 3.08. The largest absolute Gasteiger partial charge is 0.507 e. The van der Waals surface area contributed by atoms with Gasteiger partial charge in [0.1, 0.15) is 5.75 Å². The van der Waals surface area contributed by atoms with E-state index in [1.165, 1.54) is 0 Å². The van der Waals surface area contributed by atoms with E-state index in [4.69, 9.17) is 5.11 Å². The van der Waals surface area contributed by atoms with E-state index in [1.807, 2.05) is 0 Å². The second-order valence-electron chi connectivity index (χ2n) is 2.56. The summed E-state index contributed by atoms with van der Waals surface area (Å²) < 4.78 is 0. The molecule has 0 spiro atoms. The van der Waals surface area contributed by atoms with Gasteiger partial charge in [-0.05, 0) is 6.07 Å². The van der Waals surface area contributed by atoms with E-state index >= 15 is 0 Å². The van der Waals surface area contributed by atoms with Crippen molar-refractivity contribution in [2.75, 3.05) is 0 Å². The molecule has 1 rings (SSSR count). The summed E-state index contributed by atoms with van der Waals surface area (Å²) in [5.41, 5.74) is -0.344. The van der Waals surface area contributed by atoms with Crippen molar-refractivity contribution in [3.8, 4) is 5.75 Å². The van der Waals surface area contributed by atoms with Crippen LogP contribution in [0.2, 0.25) is 0 Å². The molecule has 74 valence electrons. The fourth-order valence-corrected chi connectivity index (χ4v) is 0.951. The van der Waals surface area contributed by atoms with Crippen LogP contribution in [-0.2, 0) is 6.54 Å². The van der Waals surface area contributed by atoms with Crippen molar-refractivity contribution in [1.82, 2.24) is 0 Å². The summed E-state index contributed by atoms with van der Waals surface area (Å²) in [4.78, 5) is 19.1. The van der Waals surface area contributed by atoms with Gasteiger partial charge >= 0.3 is 0 Å². The zero-order valence-electron chi connectivity index (χ0n) is 6.91. The maximum atomic E-state index is 10.3. The van der Waals surface area contributed by atoms with Crippen molar-refractivity contribution < 1.29 is 15.0 Å². The van der Waals surface area contributed by atoms with Crippen LogP contribution in [0.25, 0.3) is 0 Å². The average molecular weight is 198 g/mol. The lowest BCUT2D eigenvalue weighted by Gasteiger charge is -1.98. The highest BCUT2D eigenvalue weighted by Crippen LogP contribution is 2.23. The molecule has 0 radical (unpaired) electrons. The minimum atomic E-state index is -0.678. The first-order valence-corrected chi connectivity index (χ1v) is 3.59. The monoisotopic (exact) mass is 198 g/mol.